The van der Waals surface area contributed by atoms with Gasteiger partial charge in [-0.05, 0) is 57.0 Å². The number of benzene rings is 1. The molecular formula is C21H27N3O4S. The van der Waals surface area contributed by atoms with Crippen LogP contribution < -0.4 is 10.6 Å². The molecule has 29 heavy (non-hydrogen) atoms. The third-order valence-corrected chi connectivity index (χ3v) is 5.64. The monoisotopic (exact) mass is 417 g/mol. The summed E-state index contributed by atoms with van der Waals surface area (Å²) in [6.07, 6.45) is 4.87. The van der Waals surface area contributed by atoms with E-state index in [1.54, 1.807) is 23.1 Å². The van der Waals surface area contributed by atoms with Crippen molar-refractivity contribution in [1.29, 1.82) is 0 Å². The van der Waals surface area contributed by atoms with Crippen LogP contribution in [0.2, 0.25) is 0 Å². The van der Waals surface area contributed by atoms with Crippen molar-refractivity contribution in [2.24, 2.45) is 0 Å². The first-order chi connectivity index (χ1) is 13.9. The molecule has 8 heteroatoms. The lowest BCUT2D eigenvalue weighted by Crippen LogP contribution is -2.60. The molecular weight excluding hydrogens is 390 g/mol. The maximum absolute atomic E-state index is 12.5. The Hall–Kier alpha value is -2.48. The summed E-state index contributed by atoms with van der Waals surface area (Å²) in [6, 6.07) is 6.38. The fraction of sp³-hybridized carbons (Fsp3) is 0.524. The van der Waals surface area contributed by atoms with Crippen LogP contribution in [0.25, 0.3) is 0 Å². The Bertz CT molecular complexity index is 792. The van der Waals surface area contributed by atoms with Gasteiger partial charge in [0.15, 0.2) is 5.11 Å². The van der Waals surface area contributed by atoms with Crippen molar-refractivity contribution >= 4 is 35.1 Å². The van der Waals surface area contributed by atoms with Crippen LogP contribution in [0.4, 0.5) is 0 Å². The summed E-state index contributed by atoms with van der Waals surface area (Å²) >= 11 is 5.39. The smallest absolute Gasteiger partial charge is 0.308 e. The fourth-order valence-electron chi connectivity index (χ4n) is 3.76. The number of hydrogen-bond donors (Lipinski definition) is 2. The normalized spacial score (nSPS) is 20.0. The van der Waals surface area contributed by atoms with Crippen molar-refractivity contribution in [3.63, 3.8) is 0 Å². The molecule has 1 saturated carbocycles. The Kier molecular flexibility index (Phi) is 7.19. The summed E-state index contributed by atoms with van der Waals surface area (Å²) < 4.78 is 5.56. The van der Waals surface area contributed by atoms with Crippen LogP contribution in [0.5, 0.6) is 0 Å². The number of carbonyl (C=O) groups excluding carboxylic acids is 3. The third-order valence-electron chi connectivity index (χ3n) is 5.30. The zero-order chi connectivity index (χ0) is 20.8. The molecule has 1 aliphatic carbocycles. The second kappa shape index (κ2) is 9.82. The number of rotatable bonds is 4. The second-order valence-electron chi connectivity index (χ2n) is 7.58. The minimum absolute atomic E-state index is 0.0654. The van der Waals surface area contributed by atoms with E-state index in [9.17, 15) is 14.4 Å². The molecule has 0 spiro atoms. The largest absolute Gasteiger partial charge is 0.462 e. The van der Waals surface area contributed by atoms with Crippen molar-refractivity contribution < 1.29 is 19.1 Å². The van der Waals surface area contributed by atoms with Crippen LogP contribution in [0.1, 0.15) is 54.4 Å². The van der Waals surface area contributed by atoms with E-state index in [0.29, 0.717) is 18.7 Å². The summed E-state index contributed by atoms with van der Waals surface area (Å²) in [5.74, 6) is -1.03. The number of ether oxygens (including phenoxy) is 1. The summed E-state index contributed by atoms with van der Waals surface area (Å²) in [7, 11) is 0. The van der Waals surface area contributed by atoms with Gasteiger partial charge < -0.3 is 15.0 Å². The number of piperazine rings is 1. The van der Waals surface area contributed by atoms with Gasteiger partial charge >= 0.3 is 5.97 Å². The molecule has 1 heterocycles. The van der Waals surface area contributed by atoms with E-state index < -0.39 is 12.0 Å². The molecule has 7 nitrogen and oxygen atoms in total. The van der Waals surface area contributed by atoms with Crippen LogP contribution in [0.15, 0.2) is 24.3 Å². The van der Waals surface area contributed by atoms with Gasteiger partial charge in [0.25, 0.3) is 5.91 Å². The molecule has 0 aromatic heterocycles. The SMILES string of the molecule is Cc1cccc(C(=O)NC(=S)N2CCNC(=O)C2CC(=O)OC2CCCCC2)c1. The molecule has 1 atom stereocenters. The number of nitrogens with zero attached hydrogens (tertiary/aromatic N) is 1. The minimum Gasteiger partial charge on any atom is -0.462 e. The summed E-state index contributed by atoms with van der Waals surface area (Å²) in [5.41, 5.74) is 1.45. The van der Waals surface area contributed by atoms with Gasteiger partial charge in [-0.3, -0.25) is 19.7 Å². The minimum atomic E-state index is -0.787. The molecule has 2 aliphatic rings. The Morgan fingerprint density at radius 3 is 2.76 bits per heavy atom. The first-order valence-electron chi connectivity index (χ1n) is 10.1. The number of esters is 1. The second-order valence-corrected chi connectivity index (χ2v) is 7.97. The first kappa shape index (κ1) is 21.2. The molecule has 1 aliphatic heterocycles. The van der Waals surface area contributed by atoms with Crippen molar-refractivity contribution in [3.05, 3.63) is 35.4 Å². The van der Waals surface area contributed by atoms with E-state index in [2.05, 4.69) is 10.6 Å². The summed E-state index contributed by atoms with van der Waals surface area (Å²) in [4.78, 5) is 38.9. The van der Waals surface area contributed by atoms with Gasteiger partial charge in [0, 0.05) is 18.7 Å². The highest BCUT2D eigenvalue weighted by Gasteiger charge is 2.35. The van der Waals surface area contributed by atoms with Crippen molar-refractivity contribution in [2.45, 2.75) is 57.6 Å². The van der Waals surface area contributed by atoms with Gasteiger partial charge in [-0.1, -0.05) is 24.1 Å². The molecule has 1 aromatic rings. The third kappa shape index (κ3) is 5.76. The Balaban J connectivity index is 1.62. The average Bonchev–Trinajstić information content (AvgIpc) is 2.70. The molecule has 0 bridgehead atoms. The van der Waals surface area contributed by atoms with Crippen LogP contribution in [0, 0.1) is 6.92 Å². The van der Waals surface area contributed by atoms with Crippen molar-refractivity contribution in [3.8, 4) is 0 Å². The van der Waals surface area contributed by atoms with Crippen LogP contribution in [0.3, 0.4) is 0 Å². The Morgan fingerprint density at radius 2 is 2.03 bits per heavy atom. The maximum atomic E-state index is 12.5. The van der Waals surface area contributed by atoms with Gasteiger partial charge in [0.2, 0.25) is 5.91 Å². The van der Waals surface area contributed by atoms with Gasteiger partial charge in [-0.15, -0.1) is 0 Å². The lowest BCUT2D eigenvalue weighted by Gasteiger charge is -2.36. The first-order valence-corrected chi connectivity index (χ1v) is 10.5. The van der Waals surface area contributed by atoms with Gasteiger partial charge in [0.1, 0.15) is 12.1 Å². The zero-order valence-corrected chi connectivity index (χ0v) is 17.4. The molecule has 1 aromatic carbocycles. The van der Waals surface area contributed by atoms with Crippen LogP contribution in [-0.4, -0.2) is 53.0 Å². The molecule has 1 unspecified atom stereocenters. The molecule has 2 amide bonds. The molecule has 3 rings (SSSR count). The number of nitrogens with one attached hydrogen (secondary N) is 2. The van der Waals surface area contributed by atoms with Crippen LogP contribution in [-0.2, 0) is 14.3 Å². The van der Waals surface area contributed by atoms with Gasteiger partial charge in [-0.25, -0.2) is 0 Å². The van der Waals surface area contributed by atoms with Gasteiger partial charge in [-0.2, -0.15) is 0 Å². The van der Waals surface area contributed by atoms with E-state index in [1.807, 2.05) is 13.0 Å². The maximum Gasteiger partial charge on any atom is 0.308 e. The van der Waals surface area contributed by atoms with Crippen LogP contribution >= 0.6 is 12.2 Å². The molecule has 1 saturated heterocycles. The molecule has 156 valence electrons. The number of hydrogen-bond acceptors (Lipinski definition) is 5. The highest BCUT2D eigenvalue weighted by atomic mass is 32.1. The highest BCUT2D eigenvalue weighted by molar-refractivity contribution is 7.80. The lowest BCUT2D eigenvalue weighted by molar-refractivity contribution is -0.153. The Labute approximate surface area is 176 Å². The van der Waals surface area contributed by atoms with Crippen molar-refractivity contribution in [1.82, 2.24) is 15.5 Å². The van der Waals surface area contributed by atoms with Crippen molar-refractivity contribution in [2.75, 3.05) is 13.1 Å². The molecule has 2 fully saturated rings. The predicted molar refractivity (Wildman–Crippen MR) is 112 cm³/mol. The number of thiocarbonyl (C=S) groups is 1. The predicted octanol–water partition coefficient (Wildman–Crippen LogP) is 2.08. The fourth-order valence-corrected chi connectivity index (χ4v) is 4.07. The topological polar surface area (TPSA) is 87.7 Å². The van der Waals surface area contributed by atoms with E-state index in [1.165, 1.54) is 6.42 Å². The molecule has 0 radical (unpaired) electrons. The molecule has 2 N–H and O–H groups in total. The number of amides is 2. The standard InChI is InChI=1S/C21H27N3O4S/c1-14-6-5-7-15(12-14)19(26)23-21(29)24-11-10-22-20(27)17(24)13-18(25)28-16-8-3-2-4-9-16/h5-7,12,16-17H,2-4,8-11,13H2,1H3,(H,22,27)(H,23,26,29). The quantitative estimate of drug-likeness (QED) is 0.576. The van der Waals surface area contributed by atoms with E-state index in [0.717, 1.165) is 31.2 Å². The van der Waals surface area contributed by atoms with E-state index in [-0.39, 0.29) is 29.5 Å². The van der Waals surface area contributed by atoms with E-state index in [4.69, 9.17) is 17.0 Å². The highest BCUT2D eigenvalue weighted by Crippen LogP contribution is 2.21. The zero-order valence-electron chi connectivity index (χ0n) is 16.6. The Morgan fingerprint density at radius 1 is 1.28 bits per heavy atom. The average molecular weight is 418 g/mol. The van der Waals surface area contributed by atoms with Gasteiger partial charge in [0.05, 0.1) is 6.42 Å². The van der Waals surface area contributed by atoms with E-state index >= 15 is 0 Å². The summed E-state index contributed by atoms with van der Waals surface area (Å²) in [5, 5.41) is 5.58. The summed E-state index contributed by atoms with van der Waals surface area (Å²) in [6.45, 7) is 2.71. The number of aryl methyl sites for hydroxylation is 1. The number of carbonyl (C=O) groups is 3. The lowest BCUT2D eigenvalue weighted by atomic mass is 9.98.